The van der Waals surface area contributed by atoms with E-state index in [1.54, 1.807) is 30.3 Å². The van der Waals surface area contributed by atoms with Crippen LogP contribution in [0.1, 0.15) is 62.1 Å². The molecule has 1 N–H and O–H groups in total. The molecule has 3 aromatic carbocycles. The lowest BCUT2D eigenvalue weighted by atomic mass is 9.95. The number of methoxy groups -OCH3 is 2. The molecule has 1 saturated carbocycles. The van der Waals surface area contributed by atoms with Gasteiger partial charge < -0.3 is 19.7 Å². The second-order valence-corrected chi connectivity index (χ2v) is 14.6. The molecule has 254 valence electrons. The largest absolute Gasteiger partial charge is 0.493 e. The van der Waals surface area contributed by atoms with Gasteiger partial charge in [0.05, 0.1) is 34.8 Å². The number of halogens is 2. The molecular formula is C35H43Cl2N3O6S. The highest BCUT2D eigenvalue weighted by molar-refractivity contribution is 7.92. The zero-order valence-corrected chi connectivity index (χ0v) is 29.8. The number of ether oxygens (including phenoxy) is 2. The number of anilines is 1. The minimum atomic E-state index is -4.32. The van der Waals surface area contributed by atoms with Gasteiger partial charge in [0.25, 0.3) is 10.0 Å². The fourth-order valence-electron chi connectivity index (χ4n) is 6.03. The Kier molecular flexibility index (Phi) is 12.4. The lowest BCUT2D eigenvalue weighted by Gasteiger charge is -2.34. The summed E-state index contributed by atoms with van der Waals surface area (Å²) in [5, 5.41) is 3.82. The molecule has 47 heavy (non-hydrogen) atoms. The zero-order valence-electron chi connectivity index (χ0n) is 27.5. The number of hydrogen-bond acceptors (Lipinski definition) is 6. The van der Waals surface area contributed by atoms with Crippen LogP contribution in [-0.4, -0.2) is 58.0 Å². The molecular weight excluding hydrogens is 661 g/mol. The van der Waals surface area contributed by atoms with Crippen molar-refractivity contribution in [1.82, 2.24) is 10.2 Å². The van der Waals surface area contributed by atoms with Crippen LogP contribution in [0, 0.1) is 13.8 Å². The minimum absolute atomic E-state index is 0.0173. The van der Waals surface area contributed by atoms with Crippen molar-refractivity contribution in [1.29, 1.82) is 0 Å². The van der Waals surface area contributed by atoms with E-state index in [1.807, 2.05) is 26.8 Å². The standard InChI is InChI=1S/C35H43Cl2N3O6S/c1-6-31(35(42)38-26-10-8-7-9-11-26)39(21-25-12-14-29(36)30(37)19-25)34(41)22-40(27-17-23(2)16-24(3)18-27)47(43,44)28-13-15-32(45-4)33(20-28)46-5/h12-20,26,31H,6-11,21-22H2,1-5H3,(H,38,42)/t31-/m0/s1. The second kappa shape index (κ2) is 16.1. The van der Waals surface area contributed by atoms with Crippen LogP contribution in [-0.2, 0) is 26.2 Å². The lowest BCUT2D eigenvalue weighted by molar-refractivity contribution is -0.140. The van der Waals surface area contributed by atoms with E-state index in [4.69, 9.17) is 32.7 Å². The van der Waals surface area contributed by atoms with E-state index in [9.17, 15) is 18.0 Å². The van der Waals surface area contributed by atoms with Crippen LogP contribution in [0.2, 0.25) is 10.0 Å². The van der Waals surface area contributed by atoms with E-state index in [0.717, 1.165) is 47.5 Å². The van der Waals surface area contributed by atoms with Crippen molar-refractivity contribution >= 4 is 50.7 Å². The second-order valence-electron chi connectivity index (χ2n) is 11.9. The normalized spacial score (nSPS) is 14.3. The van der Waals surface area contributed by atoms with Gasteiger partial charge in [-0.15, -0.1) is 0 Å². The van der Waals surface area contributed by atoms with Crippen LogP contribution in [0.5, 0.6) is 11.5 Å². The molecule has 3 aromatic rings. The molecule has 2 amide bonds. The van der Waals surface area contributed by atoms with Crippen LogP contribution in [0.25, 0.3) is 0 Å². The average molecular weight is 705 g/mol. The average Bonchev–Trinajstić information content (AvgIpc) is 3.04. The summed E-state index contributed by atoms with van der Waals surface area (Å²) in [7, 11) is -1.44. The summed E-state index contributed by atoms with van der Waals surface area (Å²) < 4.78 is 40.6. The summed E-state index contributed by atoms with van der Waals surface area (Å²) in [6.07, 6.45) is 5.28. The first kappa shape index (κ1) is 36.4. The number of aryl methyl sites for hydroxylation is 2. The fourth-order valence-corrected chi connectivity index (χ4v) is 7.76. The van der Waals surface area contributed by atoms with Gasteiger partial charge in [0.2, 0.25) is 11.8 Å². The quantitative estimate of drug-likeness (QED) is 0.204. The van der Waals surface area contributed by atoms with Crippen molar-refractivity contribution in [2.75, 3.05) is 25.1 Å². The van der Waals surface area contributed by atoms with Gasteiger partial charge in [-0.1, -0.05) is 61.5 Å². The van der Waals surface area contributed by atoms with E-state index < -0.39 is 28.5 Å². The molecule has 0 spiro atoms. The van der Waals surface area contributed by atoms with Gasteiger partial charge in [0.1, 0.15) is 12.6 Å². The number of amides is 2. The molecule has 4 rings (SSSR count). The minimum Gasteiger partial charge on any atom is -0.493 e. The van der Waals surface area contributed by atoms with Gasteiger partial charge in [-0.25, -0.2) is 8.42 Å². The van der Waals surface area contributed by atoms with Crippen molar-refractivity contribution < 1.29 is 27.5 Å². The third-order valence-electron chi connectivity index (χ3n) is 8.39. The highest BCUT2D eigenvalue weighted by Gasteiger charge is 2.35. The van der Waals surface area contributed by atoms with Gasteiger partial charge in [0.15, 0.2) is 11.5 Å². The molecule has 0 heterocycles. The Morgan fingerprint density at radius 1 is 0.894 bits per heavy atom. The van der Waals surface area contributed by atoms with Crippen LogP contribution in [0.4, 0.5) is 5.69 Å². The van der Waals surface area contributed by atoms with Crippen molar-refractivity contribution in [2.45, 2.75) is 82.8 Å². The monoisotopic (exact) mass is 703 g/mol. The molecule has 1 aliphatic carbocycles. The van der Waals surface area contributed by atoms with Gasteiger partial charge in [0, 0.05) is 18.7 Å². The van der Waals surface area contributed by atoms with Crippen molar-refractivity contribution in [3.05, 3.63) is 81.3 Å². The molecule has 0 saturated heterocycles. The molecule has 0 aromatic heterocycles. The molecule has 9 nitrogen and oxygen atoms in total. The number of rotatable bonds is 13. The maximum Gasteiger partial charge on any atom is 0.264 e. The fraction of sp³-hybridized carbons (Fsp3) is 0.429. The maximum atomic E-state index is 14.5. The highest BCUT2D eigenvalue weighted by Crippen LogP contribution is 2.33. The Labute approximate surface area is 288 Å². The SMILES string of the molecule is CC[C@@H](C(=O)NC1CCCCC1)N(Cc1ccc(Cl)c(Cl)c1)C(=O)CN(c1cc(C)cc(C)c1)S(=O)(=O)c1ccc(OC)c(OC)c1. The molecule has 1 fully saturated rings. The Morgan fingerprint density at radius 3 is 2.15 bits per heavy atom. The molecule has 0 aliphatic heterocycles. The Balaban J connectivity index is 1.78. The van der Waals surface area contributed by atoms with Crippen molar-refractivity contribution in [3.63, 3.8) is 0 Å². The van der Waals surface area contributed by atoms with E-state index in [2.05, 4.69) is 5.32 Å². The number of benzene rings is 3. The van der Waals surface area contributed by atoms with Gasteiger partial charge in [-0.05, 0) is 86.2 Å². The van der Waals surface area contributed by atoms with Crippen molar-refractivity contribution in [3.8, 4) is 11.5 Å². The van der Waals surface area contributed by atoms with Crippen LogP contribution >= 0.6 is 23.2 Å². The summed E-state index contributed by atoms with van der Waals surface area (Å²) in [6.45, 7) is 5.01. The number of hydrogen-bond donors (Lipinski definition) is 1. The smallest absolute Gasteiger partial charge is 0.264 e. The third-order valence-corrected chi connectivity index (χ3v) is 10.9. The number of nitrogens with zero attached hydrogens (tertiary/aromatic N) is 2. The van der Waals surface area contributed by atoms with Crippen molar-refractivity contribution in [2.24, 2.45) is 0 Å². The van der Waals surface area contributed by atoms with E-state index in [1.165, 1.54) is 37.3 Å². The molecule has 0 bridgehead atoms. The number of carbonyl (C=O) groups is 2. The van der Waals surface area contributed by atoms with E-state index in [0.29, 0.717) is 33.5 Å². The summed E-state index contributed by atoms with van der Waals surface area (Å²) >= 11 is 12.5. The molecule has 0 unspecified atom stereocenters. The third kappa shape index (κ3) is 8.91. The predicted octanol–water partition coefficient (Wildman–Crippen LogP) is 7.08. The van der Waals surface area contributed by atoms with Gasteiger partial charge >= 0.3 is 0 Å². The Hall–Kier alpha value is -3.47. The molecule has 1 atom stereocenters. The summed E-state index contributed by atoms with van der Waals surface area (Å²) in [5.74, 6) is -0.228. The van der Waals surface area contributed by atoms with Crippen LogP contribution in [0.3, 0.4) is 0 Å². The predicted molar refractivity (Wildman–Crippen MR) is 186 cm³/mol. The number of sulfonamides is 1. The Morgan fingerprint density at radius 2 is 1.55 bits per heavy atom. The highest BCUT2D eigenvalue weighted by atomic mass is 35.5. The first-order chi connectivity index (χ1) is 22.4. The topological polar surface area (TPSA) is 105 Å². The van der Waals surface area contributed by atoms with Crippen LogP contribution in [0.15, 0.2) is 59.5 Å². The lowest BCUT2D eigenvalue weighted by Crippen LogP contribution is -2.54. The Bertz CT molecular complexity index is 1670. The molecule has 1 aliphatic rings. The van der Waals surface area contributed by atoms with E-state index >= 15 is 0 Å². The first-order valence-corrected chi connectivity index (χ1v) is 17.9. The first-order valence-electron chi connectivity index (χ1n) is 15.7. The number of carbonyl (C=O) groups excluding carboxylic acids is 2. The summed E-state index contributed by atoms with van der Waals surface area (Å²) in [4.78, 5) is 29.6. The number of nitrogens with one attached hydrogen (secondary N) is 1. The zero-order chi connectivity index (χ0) is 34.3. The summed E-state index contributed by atoms with van der Waals surface area (Å²) in [6, 6.07) is 13.8. The van der Waals surface area contributed by atoms with Crippen LogP contribution < -0.4 is 19.1 Å². The van der Waals surface area contributed by atoms with Gasteiger partial charge in [-0.2, -0.15) is 0 Å². The molecule has 0 radical (unpaired) electrons. The van der Waals surface area contributed by atoms with E-state index in [-0.39, 0.29) is 29.1 Å². The van der Waals surface area contributed by atoms with Gasteiger partial charge in [-0.3, -0.25) is 13.9 Å². The maximum absolute atomic E-state index is 14.5. The summed E-state index contributed by atoms with van der Waals surface area (Å²) in [5.41, 5.74) is 2.62. The molecule has 12 heteroatoms.